The molecule has 0 saturated carbocycles. The van der Waals surface area contributed by atoms with Crippen LogP contribution in [0.2, 0.25) is 0 Å². The minimum atomic E-state index is -0.461. The number of methoxy groups -OCH3 is 1. The molecular weight excluding hydrogens is 242 g/mol. The van der Waals surface area contributed by atoms with Crippen LogP contribution in [0.4, 0.5) is 0 Å². The normalized spacial score (nSPS) is 12.7. The van der Waals surface area contributed by atoms with E-state index in [0.717, 1.165) is 17.9 Å². The van der Waals surface area contributed by atoms with Crippen LogP contribution >= 0.6 is 0 Å². The van der Waals surface area contributed by atoms with Gasteiger partial charge in [0.25, 0.3) is 0 Å². The molecule has 0 heterocycles. The third kappa shape index (κ3) is 7.15. The molecule has 1 rings (SSSR count). The Hall–Kier alpha value is -1.10. The van der Waals surface area contributed by atoms with Crippen LogP contribution in [0, 0.1) is 5.92 Å². The van der Waals surface area contributed by atoms with Gasteiger partial charge >= 0.3 is 0 Å². The predicted molar refractivity (Wildman–Crippen MR) is 76.4 cm³/mol. The number of benzene rings is 1. The molecule has 0 aromatic heterocycles. The summed E-state index contributed by atoms with van der Waals surface area (Å²) in [6.07, 6.45) is -0.461. The lowest BCUT2D eigenvalue weighted by Crippen LogP contribution is -2.32. The summed E-state index contributed by atoms with van der Waals surface area (Å²) in [4.78, 5) is 0. The quantitative estimate of drug-likeness (QED) is 0.716. The molecule has 1 unspecified atom stereocenters. The third-order valence-corrected chi connectivity index (χ3v) is 2.67. The predicted octanol–water partition coefficient (Wildman–Crippen LogP) is 1.82. The molecule has 0 aliphatic heterocycles. The maximum Gasteiger partial charge on any atom is 0.118 e. The molecule has 0 saturated heterocycles. The second-order valence-corrected chi connectivity index (χ2v) is 5.07. The standard InChI is InChI=1S/C15H25NO3/c1-12(2)8-16-9-14(17)11-19-10-13-4-6-15(18-3)7-5-13/h4-7,12,14,16-17H,8-11H2,1-3H3. The summed E-state index contributed by atoms with van der Waals surface area (Å²) in [5.74, 6) is 1.43. The maximum atomic E-state index is 9.71. The smallest absolute Gasteiger partial charge is 0.118 e. The van der Waals surface area contributed by atoms with Crippen LogP contribution in [-0.4, -0.2) is 38.0 Å². The van der Waals surface area contributed by atoms with Crippen molar-refractivity contribution in [1.29, 1.82) is 0 Å². The highest BCUT2D eigenvalue weighted by Crippen LogP contribution is 2.11. The lowest BCUT2D eigenvalue weighted by Gasteiger charge is -2.13. The van der Waals surface area contributed by atoms with E-state index in [-0.39, 0.29) is 0 Å². The van der Waals surface area contributed by atoms with Gasteiger partial charge in [-0.05, 0) is 30.2 Å². The van der Waals surface area contributed by atoms with Crippen LogP contribution < -0.4 is 10.1 Å². The number of aliphatic hydroxyl groups excluding tert-OH is 1. The monoisotopic (exact) mass is 267 g/mol. The van der Waals surface area contributed by atoms with Crippen molar-refractivity contribution in [3.63, 3.8) is 0 Å². The van der Waals surface area contributed by atoms with Gasteiger partial charge in [-0.25, -0.2) is 0 Å². The van der Waals surface area contributed by atoms with Gasteiger partial charge in [0.1, 0.15) is 5.75 Å². The highest BCUT2D eigenvalue weighted by Gasteiger charge is 2.04. The molecule has 0 bridgehead atoms. The van der Waals surface area contributed by atoms with Crippen molar-refractivity contribution in [2.24, 2.45) is 5.92 Å². The van der Waals surface area contributed by atoms with E-state index in [4.69, 9.17) is 9.47 Å². The minimum Gasteiger partial charge on any atom is -0.497 e. The highest BCUT2D eigenvalue weighted by atomic mass is 16.5. The first-order valence-electron chi connectivity index (χ1n) is 6.71. The van der Waals surface area contributed by atoms with Gasteiger partial charge in [-0.1, -0.05) is 26.0 Å². The van der Waals surface area contributed by atoms with E-state index in [1.807, 2.05) is 24.3 Å². The molecule has 0 amide bonds. The fourth-order valence-corrected chi connectivity index (χ4v) is 1.63. The van der Waals surface area contributed by atoms with E-state index in [0.29, 0.717) is 25.7 Å². The number of rotatable bonds is 9. The number of ether oxygens (including phenoxy) is 2. The average Bonchev–Trinajstić information content (AvgIpc) is 2.39. The summed E-state index contributed by atoms with van der Waals surface area (Å²) in [6, 6.07) is 7.73. The van der Waals surface area contributed by atoms with E-state index in [1.54, 1.807) is 7.11 Å². The molecule has 1 aromatic rings. The molecule has 0 aliphatic rings. The number of hydrogen-bond donors (Lipinski definition) is 2. The van der Waals surface area contributed by atoms with Crippen LogP contribution in [0.1, 0.15) is 19.4 Å². The first-order valence-corrected chi connectivity index (χ1v) is 6.71. The zero-order valence-electron chi connectivity index (χ0n) is 12.1. The molecule has 0 fully saturated rings. The molecule has 0 spiro atoms. The van der Waals surface area contributed by atoms with Gasteiger partial charge in [0, 0.05) is 6.54 Å². The number of aliphatic hydroxyl groups is 1. The van der Waals surface area contributed by atoms with Crippen molar-refractivity contribution in [3.8, 4) is 5.75 Å². The van der Waals surface area contributed by atoms with Gasteiger partial charge in [0.2, 0.25) is 0 Å². The lowest BCUT2D eigenvalue weighted by atomic mass is 10.2. The van der Waals surface area contributed by atoms with E-state index in [2.05, 4.69) is 19.2 Å². The summed E-state index contributed by atoms with van der Waals surface area (Å²) in [7, 11) is 1.64. The average molecular weight is 267 g/mol. The summed E-state index contributed by atoms with van der Waals surface area (Å²) in [5, 5.41) is 12.9. The van der Waals surface area contributed by atoms with Crippen molar-refractivity contribution in [2.75, 3.05) is 26.8 Å². The summed E-state index contributed by atoms with van der Waals surface area (Å²) in [5.41, 5.74) is 1.07. The first-order chi connectivity index (χ1) is 9.11. The molecule has 4 heteroatoms. The Balaban J connectivity index is 2.14. The SMILES string of the molecule is COc1ccc(COCC(O)CNCC(C)C)cc1. The maximum absolute atomic E-state index is 9.71. The van der Waals surface area contributed by atoms with E-state index < -0.39 is 6.10 Å². The van der Waals surface area contributed by atoms with Gasteiger partial charge in [0.15, 0.2) is 0 Å². The van der Waals surface area contributed by atoms with Gasteiger partial charge in [-0.3, -0.25) is 0 Å². The highest BCUT2D eigenvalue weighted by molar-refractivity contribution is 5.26. The zero-order chi connectivity index (χ0) is 14.1. The number of nitrogens with one attached hydrogen (secondary N) is 1. The van der Waals surface area contributed by atoms with Crippen molar-refractivity contribution in [2.45, 2.75) is 26.6 Å². The fourth-order valence-electron chi connectivity index (χ4n) is 1.63. The van der Waals surface area contributed by atoms with Gasteiger partial charge in [-0.15, -0.1) is 0 Å². The molecule has 108 valence electrons. The molecule has 19 heavy (non-hydrogen) atoms. The second kappa shape index (κ2) is 8.91. The Bertz CT molecular complexity index is 338. The molecule has 2 N–H and O–H groups in total. The van der Waals surface area contributed by atoms with Crippen molar-refractivity contribution in [1.82, 2.24) is 5.32 Å². The lowest BCUT2D eigenvalue weighted by molar-refractivity contribution is 0.0286. The second-order valence-electron chi connectivity index (χ2n) is 5.07. The molecule has 0 radical (unpaired) electrons. The van der Waals surface area contributed by atoms with Crippen LogP contribution in [-0.2, 0) is 11.3 Å². The molecular formula is C15H25NO3. The molecule has 1 aromatic carbocycles. The largest absolute Gasteiger partial charge is 0.497 e. The summed E-state index contributed by atoms with van der Waals surface area (Å²) < 4.78 is 10.6. The third-order valence-electron chi connectivity index (χ3n) is 2.67. The van der Waals surface area contributed by atoms with Crippen LogP contribution in [0.25, 0.3) is 0 Å². The van der Waals surface area contributed by atoms with Crippen molar-refractivity contribution < 1.29 is 14.6 Å². The number of hydrogen-bond acceptors (Lipinski definition) is 4. The van der Waals surface area contributed by atoms with Gasteiger partial charge in [-0.2, -0.15) is 0 Å². The van der Waals surface area contributed by atoms with Crippen LogP contribution in [0.15, 0.2) is 24.3 Å². The Morgan fingerprint density at radius 3 is 2.42 bits per heavy atom. The first kappa shape index (κ1) is 16.0. The van der Waals surface area contributed by atoms with E-state index >= 15 is 0 Å². The van der Waals surface area contributed by atoms with Crippen LogP contribution in [0.3, 0.4) is 0 Å². The zero-order valence-corrected chi connectivity index (χ0v) is 12.1. The van der Waals surface area contributed by atoms with Crippen LogP contribution in [0.5, 0.6) is 5.75 Å². The van der Waals surface area contributed by atoms with Gasteiger partial charge in [0.05, 0.1) is 26.4 Å². The summed E-state index contributed by atoms with van der Waals surface area (Å²) in [6.45, 7) is 6.61. The van der Waals surface area contributed by atoms with Crippen molar-refractivity contribution in [3.05, 3.63) is 29.8 Å². The molecule has 1 atom stereocenters. The Morgan fingerprint density at radius 2 is 1.84 bits per heavy atom. The summed E-state index contributed by atoms with van der Waals surface area (Å²) >= 11 is 0. The molecule has 4 nitrogen and oxygen atoms in total. The molecule has 0 aliphatic carbocycles. The van der Waals surface area contributed by atoms with E-state index in [9.17, 15) is 5.11 Å². The van der Waals surface area contributed by atoms with Gasteiger partial charge < -0.3 is 19.9 Å². The Morgan fingerprint density at radius 1 is 1.16 bits per heavy atom. The topological polar surface area (TPSA) is 50.7 Å². The van der Waals surface area contributed by atoms with Crippen molar-refractivity contribution >= 4 is 0 Å². The minimum absolute atomic E-state index is 0.344. The van der Waals surface area contributed by atoms with E-state index in [1.165, 1.54) is 0 Å². The Kier molecular flexibility index (Phi) is 7.48. The fraction of sp³-hybridized carbons (Fsp3) is 0.600. The Labute approximate surface area is 115 Å².